The molecule has 7 heteroatoms. The second-order valence-corrected chi connectivity index (χ2v) is 5.94. The molecule has 0 saturated heterocycles. The highest BCUT2D eigenvalue weighted by Crippen LogP contribution is 2.26. The largest absolute Gasteiger partial charge is 0.496 e. The van der Waals surface area contributed by atoms with Crippen molar-refractivity contribution >= 4 is 33.5 Å². The van der Waals surface area contributed by atoms with Gasteiger partial charge in [0.2, 0.25) is 0 Å². The topological polar surface area (TPSA) is 73.9 Å². The Labute approximate surface area is 154 Å². The van der Waals surface area contributed by atoms with Gasteiger partial charge in [0, 0.05) is 0 Å². The zero-order valence-electron chi connectivity index (χ0n) is 14.0. The predicted octanol–water partition coefficient (Wildman–Crippen LogP) is 3.65. The molecule has 0 unspecified atom stereocenters. The van der Waals surface area contributed by atoms with Crippen LogP contribution in [-0.4, -0.2) is 32.2 Å². The van der Waals surface area contributed by atoms with Crippen LogP contribution in [0.25, 0.3) is 0 Å². The van der Waals surface area contributed by atoms with Gasteiger partial charge in [0.05, 0.1) is 29.9 Å². The van der Waals surface area contributed by atoms with E-state index in [9.17, 15) is 9.59 Å². The van der Waals surface area contributed by atoms with Crippen molar-refractivity contribution in [2.45, 2.75) is 13.0 Å². The number of hydrogen-bond acceptors (Lipinski definition) is 5. The molecule has 2 aromatic rings. The lowest BCUT2D eigenvalue weighted by Gasteiger charge is -2.15. The molecule has 2 rings (SSSR count). The Morgan fingerprint density at radius 3 is 2.36 bits per heavy atom. The number of amides is 1. The van der Waals surface area contributed by atoms with E-state index in [0.717, 1.165) is 0 Å². The third-order valence-corrected chi connectivity index (χ3v) is 4.03. The van der Waals surface area contributed by atoms with Crippen molar-refractivity contribution in [1.82, 2.24) is 0 Å². The predicted molar refractivity (Wildman–Crippen MR) is 97.2 cm³/mol. The monoisotopic (exact) mass is 407 g/mol. The summed E-state index contributed by atoms with van der Waals surface area (Å²) < 4.78 is 16.1. The minimum absolute atomic E-state index is 0.310. The first kappa shape index (κ1) is 18.8. The van der Waals surface area contributed by atoms with Crippen LogP contribution in [0, 0.1) is 0 Å². The number of benzene rings is 2. The van der Waals surface area contributed by atoms with Crippen LogP contribution in [0.1, 0.15) is 17.3 Å². The molecular formula is C18H18BrNO5. The number of carbonyl (C=O) groups excluding carboxylic acids is 2. The molecule has 25 heavy (non-hydrogen) atoms. The number of nitrogens with one attached hydrogen (secondary N) is 1. The van der Waals surface area contributed by atoms with Crippen LogP contribution < -0.4 is 14.8 Å². The van der Waals surface area contributed by atoms with Crippen molar-refractivity contribution < 1.29 is 23.8 Å². The lowest BCUT2D eigenvalue weighted by Crippen LogP contribution is -2.30. The Morgan fingerprint density at radius 2 is 1.72 bits per heavy atom. The third-order valence-electron chi connectivity index (χ3n) is 3.41. The molecule has 0 aliphatic carbocycles. The van der Waals surface area contributed by atoms with Crippen molar-refractivity contribution in [3.63, 3.8) is 0 Å². The maximum Gasteiger partial charge on any atom is 0.338 e. The van der Waals surface area contributed by atoms with Crippen LogP contribution in [0.4, 0.5) is 5.69 Å². The van der Waals surface area contributed by atoms with E-state index in [1.807, 2.05) is 0 Å². The van der Waals surface area contributed by atoms with E-state index >= 15 is 0 Å². The number of carbonyl (C=O) groups is 2. The summed E-state index contributed by atoms with van der Waals surface area (Å²) in [7, 11) is 3.04. The van der Waals surface area contributed by atoms with Gasteiger partial charge in [-0.1, -0.05) is 12.1 Å². The minimum atomic E-state index is -0.974. The highest BCUT2D eigenvalue weighted by molar-refractivity contribution is 9.10. The molecule has 0 bridgehead atoms. The number of para-hydroxylation sites is 2. The molecule has 0 fully saturated rings. The highest BCUT2D eigenvalue weighted by atomic mass is 79.9. The molecule has 1 atom stereocenters. The Hall–Kier alpha value is -2.54. The van der Waals surface area contributed by atoms with Crippen LogP contribution >= 0.6 is 15.9 Å². The molecule has 2 aromatic carbocycles. The second kappa shape index (κ2) is 8.53. The van der Waals surface area contributed by atoms with Gasteiger partial charge >= 0.3 is 5.97 Å². The van der Waals surface area contributed by atoms with Gasteiger partial charge in [-0.05, 0) is 53.2 Å². The molecule has 6 nitrogen and oxygen atoms in total. The van der Waals surface area contributed by atoms with E-state index in [1.54, 1.807) is 42.5 Å². The number of rotatable bonds is 6. The molecule has 0 aliphatic heterocycles. The summed E-state index contributed by atoms with van der Waals surface area (Å²) >= 11 is 3.30. The van der Waals surface area contributed by atoms with E-state index in [-0.39, 0.29) is 0 Å². The summed E-state index contributed by atoms with van der Waals surface area (Å²) in [5.74, 6) is 0.0587. The molecule has 0 aliphatic rings. The third kappa shape index (κ3) is 4.73. The van der Waals surface area contributed by atoms with Crippen molar-refractivity contribution in [3.8, 4) is 11.5 Å². The fourth-order valence-electron chi connectivity index (χ4n) is 2.06. The van der Waals surface area contributed by atoms with Gasteiger partial charge in [-0.3, -0.25) is 4.79 Å². The average molecular weight is 408 g/mol. The molecule has 0 saturated carbocycles. The normalized spacial score (nSPS) is 11.4. The van der Waals surface area contributed by atoms with Gasteiger partial charge in [-0.2, -0.15) is 0 Å². The smallest absolute Gasteiger partial charge is 0.338 e. The maximum absolute atomic E-state index is 12.2. The number of halogens is 1. The summed E-state index contributed by atoms with van der Waals surface area (Å²) in [5.41, 5.74) is 0.815. The van der Waals surface area contributed by atoms with Crippen molar-refractivity contribution in [1.29, 1.82) is 0 Å². The van der Waals surface area contributed by atoms with E-state index < -0.39 is 18.0 Å². The summed E-state index contributed by atoms with van der Waals surface area (Å²) in [4.78, 5) is 24.4. The van der Waals surface area contributed by atoms with Gasteiger partial charge in [0.15, 0.2) is 6.10 Å². The van der Waals surface area contributed by atoms with Crippen molar-refractivity contribution in [2.24, 2.45) is 0 Å². The standard InChI is InChI=1S/C18H18BrNO5/c1-11(17(21)20-14-6-4-5-7-16(14)24-3)25-18(22)12-8-9-15(23-2)13(19)10-12/h4-11H,1-3H3,(H,20,21)/t11-/m0/s1. The average Bonchev–Trinajstić information content (AvgIpc) is 2.61. The summed E-state index contributed by atoms with van der Waals surface area (Å²) in [6.45, 7) is 1.50. The Morgan fingerprint density at radius 1 is 1.04 bits per heavy atom. The molecule has 1 N–H and O–H groups in total. The molecule has 132 valence electrons. The molecule has 0 radical (unpaired) electrons. The van der Waals surface area contributed by atoms with Crippen molar-refractivity contribution in [2.75, 3.05) is 19.5 Å². The van der Waals surface area contributed by atoms with Gasteiger partial charge in [0.25, 0.3) is 5.91 Å². The Bertz CT molecular complexity index is 778. The number of hydrogen-bond donors (Lipinski definition) is 1. The fraction of sp³-hybridized carbons (Fsp3) is 0.222. The van der Waals surface area contributed by atoms with Crippen LogP contribution in [0.2, 0.25) is 0 Å². The van der Waals surface area contributed by atoms with E-state index in [0.29, 0.717) is 27.2 Å². The summed E-state index contributed by atoms with van der Waals surface area (Å²) in [6.07, 6.45) is -0.974. The summed E-state index contributed by atoms with van der Waals surface area (Å²) in [5, 5.41) is 2.68. The van der Waals surface area contributed by atoms with Gasteiger partial charge in [-0.25, -0.2) is 4.79 Å². The lowest BCUT2D eigenvalue weighted by molar-refractivity contribution is -0.123. The Balaban J connectivity index is 2.03. The number of esters is 1. The molecule has 0 spiro atoms. The van der Waals surface area contributed by atoms with Crippen LogP contribution in [0.15, 0.2) is 46.9 Å². The van der Waals surface area contributed by atoms with Gasteiger partial charge in [-0.15, -0.1) is 0 Å². The first-order valence-electron chi connectivity index (χ1n) is 7.44. The van der Waals surface area contributed by atoms with E-state index in [4.69, 9.17) is 14.2 Å². The van der Waals surface area contributed by atoms with Crippen LogP contribution in [0.5, 0.6) is 11.5 Å². The maximum atomic E-state index is 12.2. The van der Waals surface area contributed by atoms with Crippen LogP contribution in [-0.2, 0) is 9.53 Å². The molecule has 0 heterocycles. The molecule has 1 amide bonds. The Kier molecular flexibility index (Phi) is 6.41. The minimum Gasteiger partial charge on any atom is -0.496 e. The van der Waals surface area contributed by atoms with Gasteiger partial charge < -0.3 is 19.5 Å². The highest BCUT2D eigenvalue weighted by Gasteiger charge is 2.20. The van der Waals surface area contributed by atoms with Crippen LogP contribution in [0.3, 0.4) is 0 Å². The SMILES string of the molecule is COc1ccc(C(=O)O[C@@H](C)C(=O)Nc2ccccc2OC)cc1Br. The quantitative estimate of drug-likeness (QED) is 0.739. The molecular weight excluding hydrogens is 390 g/mol. The first-order chi connectivity index (χ1) is 12.0. The number of methoxy groups -OCH3 is 2. The number of anilines is 1. The zero-order valence-corrected chi connectivity index (χ0v) is 15.6. The van der Waals surface area contributed by atoms with E-state index in [2.05, 4.69) is 21.2 Å². The van der Waals surface area contributed by atoms with Crippen molar-refractivity contribution in [3.05, 3.63) is 52.5 Å². The van der Waals surface area contributed by atoms with Gasteiger partial charge in [0.1, 0.15) is 11.5 Å². The zero-order chi connectivity index (χ0) is 18.4. The van der Waals surface area contributed by atoms with E-state index in [1.165, 1.54) is 21.1 Å². The molecule has 0 aromatic heterocycles. The lowest BCUT2D eigenvalue weighted by atomic mass is 10.2. The fourth-order valence-corrected chi connectivity index (χ4v) is 2.60. The summed E-state index contributed by atoms with van der Waals surface area (Å²) in [6, 6.07) is 11.8. The number of ether oxygens (including phenoxy) is 3. The second-order valence-electron chi connectivity index (χ2n) is 5.09. The first-order valence-corrected chi connectivity index (χ1v) is 8.24.